The number of nitrogens with one attached hydrogen (secondary N) is 1. The number of ether oxygens (including phenoxy) is 2. The molecule has 0 bridgehead atoms. The third-order valence-corrected chi connectivity index (χ3v) is 4.92. The first-order chi connectivity index (χ1) is 13.3. The number of guanidine groups is 1. The van der Waals surface area contributed by atoms with E-state index in [-0.39, 0.29) is 24.0 Å². The summed E-state index contributed by atoms with van der Waals surface area (Å²) in [5, 5.41) is 7.42. The van der Waals surface area contributed by atoms with Crippen LogP contribution in [0.25, 0.3) is 0 Å². The molecule has 0 radical (unpaired) electrons. The van der Waals surface area contributed by atoms with Crippen molar-refractivity contribution in [1.82, 2.24) is 20.3 Å². The maximum atomic E-state index is 5.72. The van der Waals surface area contributed by atoms with Gasteiger partial charge < -0.3 is 24.2 Å². The molecule has 0 spiro atoms. The number of rotatable bonds is 9. The molecular weight excluding hydrogens is 473 g/mol. The Morgan fingerprint density at radius 3 is 2.89 bits per heavy atom. The van der Waals surface area contributed by atoms with Crippen molar-refractivity contribution in [3.8, 4) is 0 Å². The molecule has 2 aliphatic rings. The van der Waals surface area contributed by atoms with Crippen molar-refractivity contribution in [2.24, 2.45) is 4.99 Å². The lowest BCUT2D eigenvalue weighted by Gasteiger charge is -2.36. The Kier molecular flexibility index (Phi) is 11.1. The Morgan fingerprint density at radius 1 is 1.36 bits per heavy atom. The second-order valence-corrected chi connectivity index (χ2v) is 7.05. The molecule has 160 valence electrons. The lowest BCUT2D eigenvalue weighted by atomic mass is 10.2. The molecular formula is C19H34IN5O3. The third-order valence-electron chi connectivity index (χ3n) is 4.92. The lowest BCUT2D eigenvalue weighted by molar-refractivity contribution is 0.0170. The fourth-order valence-corrected chi connectivity index (χ4v) is 3.43. The zero-order valence-corrected chi connectivity index (χ0v) is 19.2. The van der Waals surface area contributed by atoms with Crippen molar-refractivity contribution < 1.29 is 14.0 Å². The van der Waals surface area contributed by atoms with E-state index in [0.717, 1.165) is 96.5 Å². The van der Waals surface area contributed by atoms with E-state index >= 15 is 0 Å². The number of nitrogens with zero attached hydrogens (tertiary/aromatic N) is 4. The molecule has 1 aromatic rings. The van der Waals surface area contributed by atoms with Gasteiger partial charge in [-0.3, -0.25) is 9.89 Å². The van der Waals surface area contributed by atoms with Crippen LogP contribution in [0.15, 0.2) is 21.8 Å². The second-order valence-electron chi connectivity index (χ2n) is 7.05. The van der Waals surface area contributed by atoms with E-state index in [2.05, 4.69) is 27.2 Å². The molecule has 2 fully saturated rings. The molecule has 1 atom stereocenters. The Morgan fingerprint density at radius 2 is 2.21 bits per heavy atom. The van der Waals surface area contributed by atoms with Crippen LogP contribution in [0, 0.1) is 0 Å². The summed E-state index contributed by atoms with van der Waals surface area (Å²) in [5.41, 5.74) is 0.993. The fraction of sp³-hybridized carbons (Fsp3) is 0.789. The van der Waals surface area contributed by atoms with Gasteiger partial charge in [0.25, 0.3) is 0 Å². The largest absolute Gasteiger partial charge is 0.379 e. The first-order valence-electron chi connectivity index (χ1n) is 10.2. The molecule has 0 saturated carbocycles. The van der Waals surface area contributed by atoms with E-state index in [4.69, 9.17) is 19.0 Å². The van der Waals surface area contributed by atoms with Crippen LogP contribution in [-0.4, -0.2) is 86.1 Å². The molecule has 9 heteroatoms. The number of halogens is 1. The Balaban J connectivity index is 0.00000280. The van der Waals surface area contributed by atoms with Crippen molar-refractivity contribution >= 4 is 29.9 Å². The van der Waals surface area contributed by atoms with Crippen LogP contribution in [0.3, 0.4) is 0 Å². The minimum Gasteiger partial charge on any atom is -0.379 e. The van der Waals surface area contributed by atoms with Gasteiger partial charge in [-0.2, -0.15) is 0 Å². The Bertz CT molecular complexity index is 544. The first-order valence-corrected chi connectivity index (χ1v) is 10.2. The first kappa shape index (κ1) is 23.4. The van der Waals surface area contributed by atoms with Crippen LogP contribution in [0.5, 0.6) is 0 Å². The summed E-state index contributed by atoms with van der Waals surface area (Å²) in [6.45, 7) is 10.9. The van der Waals surface area contributed by atoms with Gasteiger partial charge in [-0.1, -0.05) is 5.16 Å². The quantitative estimate of drug-likeness (QED) is 0.237. The van der Waals surface area contributed by atoms with Gasteiger partial charge >= 0.3 is 0 Å². The number of aromatic nitrogens is 1. The van der Waals surface area contributed by atoms with E-state index in [9.17, 15) is 0 Å². The predicted octanol–water partition coefficient (Wildman–Crippen LogP) is 1.96. The lowest BCUT2D eigenvalue weighted by Crippen LogP contribution is -2.52. The number of hydrogen-bond donors (Lipinski definition) is 1. The molecule has 28 heavy (non-hydrogen) atoms. The average Bonchev–Trinajstić information content (AvgIpc) is 3.38. The highest BCUT2D eigenvalue weighted by atomic mass is 127. The summed E-state index contributed by atoms with van der Waals surface area (Å²) in [6.07, 6.45) is 5.17. The van der Waals surface area contributed by atoms with Crippen molar-refractivity contribution in [3.63, 3.8) is 0 Å². The number of hydrogen-bond acceptors (Lipinski definition) is 6. The van der Waals surface area contributed by atoms with Crippen LogP contribution < -0.4 is 5.32 Å². The molecule has 1 N–H and O–H groups in total. The van der Waals surface area contributed by atoms with Gasteiger partial charge in [0.05, 0.1) is 18.4 Å². The van der Waals surface area contributed by atoms with E-state index in [1.54, 1.807) is 6.26 Å². The molecule has 0 aromatic carbocycles. The van der Waals surface area contributed by atoms with Crippen LogP contribution in [-0.2, 0) is 16.0 Å². The van der Waals surface area contributed by atoms with Crippen molar-refractivity contribution in [2.45, 2.75) is 38.8 Å². The minimum atomic E-state index is 0. The summed E-state index contributed by atoms with van der Waals surface area (Å²) < 4.78 is 16.2. The maximum Gasteiger partial charge on any atom is 0.194 e. The van der Waals surface area contributed by atoms with Crippen LogP contribution in [0.4, 0.5) is 0 Å². The van der Waals surface area contributed by atoms with Gasteiger partial charge in [-0.05, 0) is 26.2 Å². The van der Waals surface area contributed by atoms with Crippen molar-refractivity contribution in [3.05, 3.63) is 18.0 Å². The average molecular weight is 507 g/mol. The maximum absolute atomic E-state index is 5.72. The zero-order valence-electron chi connectivity index (χ0n) is 16.8. The van der Waals surface area contributed by atoms with Gasteiger partial charge in [0.15, 0.2) is 5.96 Å². The van der Waals surface area contributed by atoms with E-state index in [1.807, 2.05) is 6.07 Å². The van der Waals surface area contributed by atoms with Gasteiger partial charge in [-0.25, -0.2) is 0 Å². The molecule has 1 aromatic heterocycles. The molecule has 2 saturated heterocycles. The Labute approximate surface area is 185 Å². The summed E-state index contributed by atoms with van der Waals surface area (Å²) in [6, 6.07) is 1.93. The van der Waals surface area contributed by atoms with Crippen LogP contribution in [0.2, 0.25) is 0 Å². The molecule has 2 aliphatic heterocycles. The predicted molar refractivity (Wildman–Crippen MR) is 119 cm³/mol. The van der Waals surface area contributed by atoms with Gasteiger partial charge in [0.2, 0.25) is 0 Å². The van der Waals surface area contributed by atoms with Gasteiger partial charge in [0, 0.05) is 65.1 Å². The van der Waals surface area contributed by atoms with Crippen molar-refractivity contribution in [2.75, 3.05) is 59.1 Å². The summed E-state index contributed by atoms with van der Waals surface area (Å²) in [7, 11) is 0. The minimum absolute atomic E-state index is 0. The van der Waals surface area contributed by atoms with Gasteiger partial charge in [0.1, 0.15) is 6.26 Å². The summed E-state index contributed by atoms with van der Waals surface area (Å²) in [5.74, 6) is 1.01. The third kappa shape index (κ3) is 7.84. The zero-order chi connectivity index (χ0) is 18.7. The van der Waals surface area contributed by atoms with E-state index in [0.29, 0.717) is 6.10 Å². The normalized spacial score (nSPS) is 21.0. The Hall–Kier alpha value is -0.910. The molecule has 1 unspecified atom stereocenters. The number of piperazine rings is 1. The second kappa shape index (κ2) is 13.3. The molecule has 3 heterocycles. The van der Waals surface area contributed by atoms with Crippen LogP contribution >= 0.6 is 24.0 Å². The molecule has 8 nitrogen and oxygen atoms in total. The van der Waals surface area contributed by atoms with E-state index in [1.165, 1.54) is 0 Å². The van der Waals surface area contributed by atoms with Crippen LogP contribution in [0.1, 0.15) is 31.9 Å². The molecule has 0 amide bonds. The molecule has 3 rings (SSSR count). The summed E-state index contributed by atoms with van der Waals surface area (Å²) >= 11 is 0. The standard InChI is InChI=1S/C19H33N5O3.HI/c1-2-20-19(21-7-4-12-25-16-18-5-3-13-26-18)24-10-8-23(9-11-24)15-17-6-14-27-22-17;/h6,14,18H,2-5,7-13,15-16H2,1H3,(H,20,21);1H. The fourth-order valence-electron chi connectivity index (χ4n) is 3.43. The smallest absolute Gasteiger partial charge is 0.194 e. The SMILES string of the molecule is CCNC(=NCCCOCC1CCCO1)N1CCN(Cc2ccon2)CC1.I. The van der Waals surface area contributed by atoms with Crippen molar-refractivity contribution in [1.29, 1.82) is 0 Å². The topological polar surface area (TPSA) is 75.4 Å². The highest BCUT2D eigenvalue weighted by Crippen LogP contribution is 2.12. The number of aliphatic imine (C=N–C) groups is 1. The van der Waals surface area contributed by atoms with Gasteiger partial charge in [-0.15, -0.1) is 24.0 Å². The monoisotopic (exact) mass is 507 g/mol. The summed E-state index contributed by atoms with van der Waals surface area (Å²) in [4.78, 5) is 9.52. The van der Waals surface area contributed by atoms with E-state index < -0.39 is 0 Å². The molecule has 0 aliphatic carbocycles. The highest BCUT2D eigenvalue weighted by molar-refractivity contribution is 14.0. The highest BCUT2D eigenvalue weighted by Gasteiger charge is 2.20.